The number of ether oxygens (including phenoxy) is 1. The maximum Gasteiger partial charge on any atom is 0.254 e. The van der Waals surface area contributed by atoms with Crippen molar-refractivity contribution in [1.29, 1.82) is 0 Å². The molecule has 1 N–H and O–H groups in total. The lowest BCUT2D eigenvalue weighted by atomic mass is 10.3. The van der Waals surface area contributed by atoms with E-state index < -0.39 is 0 Å². The first-order valence-corrected chi connectivity index (χ1v) is 8.67. The van der Waals surface area contributed by atoms with Gasteiger partial charge in [0.1, 0.15) is 12.3 Å². The van der Waals surface area contributed by atoms with Gasteiger partial charge in [0.05, 0.1) is 23.5 Å². The fraction of sp³-hybridized carbons (Fsp3) is 0.167. The largest absolute Gasteiger partial charge is 0.494 e. The standard InChI is InChI=1S/C18H17N3O3S/c1-2-24-14-7-5-13(6-8-14)20-17(22)11-21-12-19-15(10-18(21)23)16-4-3-9-25-16/h3-10,12H,2,11H2,1H3,(H,20,22). The molecule has 0 radical (unpaired) electrons. The number of benzene rings is 1. The normalized spacial score (nSPS) is 10.4. The summed E-state index contributed by atoms with van der Waals surface area (Å²) in [5.41, 5.74) is 0.994. The van der Waals surface area contributed by atoms with Crippen LogP contribution in [0.2, 0.25) is 0 Å². The molecular formula is C18H17N3O3S. The van der Waals surface area contributed by atoms with Crippen LogP contribution in [0.25, 0.3) is 10.6 Å². The van der Waals surface area contributed by atoms with Crippen molar-refractivity contribution in [3.8, 4) is 16.3 Å². The van der Waals surface area contributed by atoms with Crippen LogP contribution >= 0.6 is 11.3 Å². The molecule has 0 aliphatic heterocycles. The molecule has 0 spiro atoms. The smallest absolute Gasteiger partial charge is 0.254 e. The van der Waals surface area contributed by atoms with Gasteiger partial charge in [-0.25, -0.2) is 4.98 Å². The first-order chi connectivity index (χ1) is 12.2. The van der Waals surface area contributed by atoms with Gasteiger partial charge >= 0.3 is 0 Å². The van der Waals surface area contributed by atoms with Gasteiger partial charge in [-0.05, 0) is 42.6 Å². The molecule has 1 amide bonds. The van der Waals surface area contributed by atoms with Gasteiger partial charge in [-0.15, -0.1) is 11.3 Å². The number of hydrogen-bond acceptors (Lipinski definition) is 5. The van der Waals surface area contributed by atoms with Gasteiger partial charge in [0.15, 0.2) is 0 Å². The van der Waals surface area contributed by atoms with Gasteiger partial charge in [-0.2, -0.15) is 0 Å². The molecule has 0 saturated carbocycles. The summed E-state index contributed by atoms with van der Waals surface area (Å²) < 4.78 is 6.63. The number of carbonyl (C=O) groups is 1. The summed E-state index contributed by atoms with van der Waals surface area (Å²) in [7, 11) is 0. The topological polar surface area (TPSA) is 73.2 Å². The van der Waals surface area contributed by atoms with E-state index in [2.05, 4.69) is 10.3 Å². The van der Waals surface area contributed by atoms with Crippen LogP contribution in [0.5, 0.6) is 5.75 Å². The summed E-state index contributed by atoms with van der Waals surface area (Å²) in [6.07, 6.45) is 1.40. The van der Waals surface area contributed by atoms with Crippen molar-refractivity contribution < 1.29 is 9.53 Å². The van der Waals surface area contributed by atoms with E-state index in [1.165, 1.54) is 28.3 Å². The van der Waals surface area contributed by atoms with E-state index >= 15 is 0 Å². The van der Waals surface area contributed by atoms with Crippen molar-refractivity contribution in [3.05, 3.63) is 64.5 Å². The summed E-state index contributed by atoms with van der Waals surface area (Å²) in [4.78, 5) is 29.5. The Balaban J connectivity index is 1.65. The maximum atomic E-state index is 12.2. The van der Waals surface area contributed by atoms with Crippen molar-refractivity contribution in [2.45, 2.75) is 13.5 Å². The molecule has 7 heteroatoms. The Morgan fingerprint density at radius 2 is 2.08 bits per heavy atom. The van der Waals surface area contributed by atoms with Crippen molar-refractivity contribution in [2.75, 3.05) is 11.9 Å². The lowest BCUT2D eigenvalue weighted by Crippen LogP contribution is -2.27. The Bertz CT molecular complexity index is 902. The molecule has 0 atom stereocenters. The van der Waals surface area contributed by atoms with Crippen LogP contribution in [0.3, 0.4) is 0 Å². The molecule has 25 heavy (non-hydrogen) atoms. The molecule has 0 fully saturated rings. The van der Waals surface area contributed by atoms with Crippen LogP contribution in [0, 0.1) is 0 Å². The van der Waals surface area contributed by atoms with Crippen molar-refractivity contribution in [3.63, 3.8) is 0 Å². The van der Waals surface area contributed by atoms with Gasteiger partial charge in [0.25, 0.3) is 5.56 Å². The van der Waals surface area contributed by atoms with Crippen LogP contribution in [0.4, 0.5) is 5.69 Å². The van der Waals surface area contributed by atoms with Gasteiger partial charge < -0.3 is 10.1 Å². The van der Waals surface area contributed by atoms with Crippen molar-refractivity contribution in [1.82, 2.24) is 9.55 Å². The van der Waals surface area contributed by atoms with Crippen LogP contribution in [-0.2, 0) is 11.3 Å². The predicted molar refractivity (Wildman–Crippen MR) is 98.1 cm³/mol. The molecule has 6 nitrogen and oxygen atoms in total. The summed E-state index contributed by atoms with van der Waals surface area (Å²) in [6, 6.07) is 12.3. The highest BCUT2D eigenvalue weighted by Crippen LogP contribution is 2.20. The molecular weight excluding hydrogens is 338 g/mol. The summed E-state index contributed by atoms with van der Waals surface area (Å²) in [6.45, 7) is 2.40. The summed E-state index contributed by atoms with van der Waals surface area (Å²) in [5, 5.41) is 4.67. The number of aromatic nitrogens is 2. The second kappa shape index (κ2) is 7.76. The van der Waals surface area contributed by atoms with E-state index in [4.69, 9.17) is 4.74 Å². The molecule has 3 aromatic rings. The number of nitrogens with zero attached hydrogens (tertiary/aromatic N) is 2. The average molecular weight is 355 g/mol. The number of carbonyl (C=O) groups excluding carboxylic acids is 1. The number of anilines is 1. The van der Waals surface area contributed by atoms with Gasteiger partial charge in [-0.1, -0.05) is 6.07 Å². The molecule has 128 valence electrons. The third-order valence-corrected chi connectivity index (χ3v) is 4.31. The predicted octanol–water partition coefficient (Wildman–Crippen LogP) is 3.01. The first-order valence-electron chi connectivity index (χ1n) is 7.79. The Hall–Kier alpha value is -2.93. The fourth-order valence-electron chi connectivity index (χ4n) is 2.26. The van der Waals surface area contributed by atoms with Crippen LogP contribution in [0.1, 0.15) is 6.92 Å². The van der Waals surface area contributed by atoms with E-state index in [9.17, 15) is 9.59 Å². The van der Waals surface area contributed by atoms with E-state index in [0.717, 1.165) is 10.6 Å². The molecule has 0 aliphatic carbocycles. The number of rotatable bonds is 6. The van der Waals surface area contributed by atoms with Crippen molar-refractivity contribution in [2.24, 2.45) is 0 Å². The molecule has 3 rings (SSSR count). The highest BCUT2D eigenvalue weighted by atomic mass is 32.1. The monoisotopic (exact) mass is 355 g/mol. The number of hydrogen-bond donors (Lipinski definition) is 1. The minimum absolute atomic E-state index is 0.0935. The quantitative estimate of drug-likeness (QED) is 0.738. The lowest BCUT2D eigenvalue weighted by molar-refractivity contribution is -0.116. The first kappa shape index (κ1) is 16.9. The van der Waals surface area contributed by atoms with Crippen molar-refractivity contribution >= 4 is 22.9 Å². The molecule has 0 unspecified atom stereocenters. The average Bonchev–Trinajstić information content (AvgIpc) is 3.13. The van der Waals surface area contributed by atoms with Crippen LogP contribution < -0.4 is 15.6 Å². The third-order valence-electron chi connectivity index (χ3n) is 3.42. The zero-order chi connectivity index (χ0) is 17.6. The number of thiophene rings is 1. The minimum atomic E-state index is -0.295. The highest BCUT2D eigenvalue weighted by molar-refractivity contribution is 7.13. The van der Waals surface area contributed by atoms with E-state index in [1.807, 2.05) is 24.4 Å². The number of nitrogens with one attached hydrogen (secondary N) is 1. The van der Waals surface area contributed by atoms with Crippen LogP contribution in [0.15, 0.2) is 59.0 Å². The Labute approximate surface area is 148 Å². The fourth-order valence-corrected chi connectivity index (χ4v) is 2.95. The molecule has 0 bridgehead atoms. The third kappa shape index (κ3) is 4.33. The molecule has 0 saturated heterocycles. The Morgan fingerprint density at radius 1 is 1.28 bits per heavy atom. The molecule has 0 aliphatic rings. The van der Waals surface area contributed by atoms with Gasteiger partial charge in [-0.3, -0.25) is 14.2 Å². The second-order valence-electron chi connectivity index (χ2n) is 5.22. The van der Waals surface area contributed by atoms with E-state index in [0.29, 0.717) is 18.0 Å². The maximum absolute atomic E-state index is 12.2. The second-order valence-corrected chi connectivity index (χ2v) is 6.17. The van der Waals surface area contributed by atoms with E-state index in [-0.39, 0.29) is 18.0 Å². The lowest BCUT2D eigenvalue weighted by Gasteiger charge is -2.08. The van der Waals surface area contributed by atoms with E-state index in [1.54, 1.807) is 24.3 Å². The summed E-state index contributed by atoms with van der Waals surface area (Å²) >= 11 is 1.51. The Morgan fingerprint density at radius 3 is 2.72 bits per heavy atom. The SMILES string of the molecule is CCOc1ccc(NC(=O)Cn2cnc(-c3cccs3)cc2=O)cc1. The number of amides is 1. The molecule has 1 aromatic carbocycles. The molecule has 2 aromatic heterocycles. The van der Waals surface area contributed by atoms with Gasteiger partial charge in [0.2, 0.25) is 5.91 Å². The Kier molecular flexibility index (Phi) is 5.25. The minimum Gasteiger partial charge on any atom is -0.494 e. The zero-order valence-electron chi connectivity index (χ0n) is 13.6. The zero-order valence-corrected chi connectivity index (χ0v) is 14.5. The highest BCUT2D eigenvalue weighted by Gasteiger charge is 2.08. The van der Waals surface area contributed by atoms with Crippen LogP contribution in [-0.4, -0.2) is 22.1 Å². The van der Waals surface area contributed by atoms with Gasteiger partial charge in [0, 0.05) is 11.8 Å². The molecule has 2 heterocycles. The summed E-state index contributed by atoms with van der Waals surface area (Å²) in [5.74, 6) is 0.446.